The largest absolute Gasteiger partial charge is 0.345 e. The van der Waals surface area contributed by atoms with Crippen molar-refractivity contribution in [3.63, 3.8) is 0 Å². The van der Waals surface area contributed by atoms with Gasteiger partial charge in [-0.1, -0.05) is 34.5 Å². The first-order chi connectivity index (χ1) is 14.3. The second kappa shape index (κ2) is 8.60. The molecule has 156 valence electrons. The molecule has 11 heteroatoms. The fraction of sp³-hybridized carbons (Fsp3) is 0.263. The molecule has 2 fully saturated rings. The number of rotatable bonds is 3. The fourth-order valence-corrected chi connectivity index (χ4v) is 4.80. The van der Waals surface area contributed by atoms with E-state index in [2.05, 4.69) is 27.1 Å². The number of amides is 2. The van der Waals surface area contributed by atoms with Crippen molar-refractivity contribution in [2.24, 2.45) is 0 Å². The molecule has 7 nitrogen and oxygen atoms in total. The number of hydrogen-bond donors (Lipinski definition) is 1. The van der Waals surface area contributed by atoms with Crippen LogP contribution in [0, 0.1) is 0 Å². The smallest absolute Gasteiger partial charge is 0.270 e. The molecule has 2 saturated heterocycles. The number of likely N-dealkylation sites (N-methyl/N-ethyl adjacent to an activating group) is 1. The van der Waals surface area contributed by atoms with Gasteiger partial charge in [0.05, 0.1) is 10.6 Å². The van der Waals surface area contributed by atoms with Crippen LogP contribution in [-0.2, 0) is 9.59 Å². The van der Waals surface area contributed by atoms with Crippen LogP contribution in [0.5, 0.6) is 0 Å². The monoisotopic (exact) mass is 481 g/mol. The lowest BCUT2D eigenvalue weighted by Crippen LogP contribution is -2.54. The Kier molecular flexibility index (Phi) is 6.08. The van der Waals surface area contributed by atoms with Gasteiger partial charge >= 0.3 is 0 Å². The predicted octanol–water partition coefficient (Wildman–Crippen LogP) is 3.03. The molecule has 2 aliphatic heterocycles. The molecule has 0 aliphatic carbocycles. The van der Waals surface area contributed by atoms with Gasteiger partial charge < -0.3 is 9.80 Å². The highest BCUT2D eigenvalue weighted by Gasteiger charge is 2.35. The molecule has 0 atom stereocenters. The zero-order valence-electron chi connectivity index (χ0n) is 15.9. The van der Waals surface area contributed by atoms with E-state index in [0.717, 1.165) is 31.3 Å². The van der Waals surface area contributed by atoms with Crippen LogP contribution in [-0.4, -0.2) is 60.0 Å². The topological polar surface area (TPSA) is 68.8 Å². The molecule has 30 heavy (non-hydrogen) atoms. The summed E-state index contributed by atoms with van der Waals surface area (Å²) in [5.41, 5.74) is 0.447. The summed E-state index contributed by atoms with van der Waals surface area (Å²) in [4.78, 5) is 36.2. The number of anilines is 2. The van der Waals surface area contributed by atoms with Gasteiger partial charge in [0.25, 0.3) is 11.8 Å². The van der Waals surface area contributed by atoms with Crippen LogP contribution < -0.4 is 15.1 Å². The summed E-state index contributed by atoms with van der Waals surface area (Å²) in [5.74, 6) is -1.10. The number of nitrogens with one attached hydrogen (secondary N) is 1. The maximum atomic E-state index is 13.1. The summed E-state index contributed by atoms with van der Waals surface area (Å²) in [6, 6.07) is 6.61. The number of benzene rings is 1. The number of hydrogen-bond acceptors (Lipinski definition) is 7. The van der Waals surface area contributed by atoms with Crippen LogP contribution in [0.4, 0.5) is 10.8 Å². The zero-order valence-corrected chi connectivity index (χ0v) is 19.0. The van der Waals surface area contributed by atoms with Crippen LogP contribution in [0.3, 0.4) is 0 Å². The van der Waals surface area contributed by atoms with Gasteiger partial charge in [-0.3, -0.25) is 19.8 Å². The SMILES string of the molecule is CN1CCN(c2nc(Cl)c(C=C3C(=O)NC(=S)N(c4ccc(Cl)cc4)C3=O)s2)CC1. The molecule has 0 unspecified atom stereocenters. The van der Waals surface area contributed by atoms with Gasteiger partial charge in [-0.2, -0.15) is 0 Å². The van der Waals surface area contributed by atoms with Crippen molar-refractivity contribution < 1.29 is 9.59 Å². The van der Waals surface area contributed by atoms with E-state index in [-0.39, 0.29) is 15.8 Å². The molecular formula is C19H17Cl2N5O2S2. The third-order valence-electron chi connectivity index (χ3n) is 4.83. The van der Waals surface area contributed by atoms with E-state index in [1.807, 2.05) is 0 Å². The Morgan fingerprint density at radius 2 is 1.80 bits per heavy atom. The van der Waals surface area contributed by atoms with E-state index >= 15 is 0 Å². The number of aromatic nitrogens is 1. The Morgan fingerprint density at radius 3 is 2.47 bits per heavy atom. The normalized spacial score (nSPS) is 19.6. The fourth-order valence-electron chi connectivity index (χ4n) is 3.14. The van der Waals surface area contributed by atoms with Crippen molar-refractivity contribution in [2.45, 2.75) is 0 Å². The average Bonchev–Trinajstić information content (AvgIpc) is 3.07. The number of thiazole rings is 1. The van der Waals surface area contributed by atoms with Crippen molar-refractivity contribution in [1.82, 2.24) is 15.2 Å². The van der Waals surface area contributed by atoms with Crippen LogP contribution in [0.1, 0.15) is 4.88 Å². The van der Waals surface area contributed by atoms with E-state index < -0.39 is 11.8 Å². The quantitative estimate of drug-likeness (QED) is 0.412. The van der Waals surface area contributed by atoms with Gasteiger partial charge in [0.1, 0.15) is 10.7 Å². The summed E-state index contributed by atoms with van der Waals surface area (Å²) in [7, 11) is 2.08. The maximum absolute atomic E-state index is 13.1. The number of halogens is 2. The second-order valence-corrected chi connectivity index (χ2v) is 9.07. The van der Waals surface area contributed by atoms with E-state index in [9.17, 15) is 9.59 Å². The lowest BCUT2D eigenvalue weighted by Gasteiger charge is -2.32. The number of thiocarbonyl (C=S) groups is 1. The zero-order chi connectivity index (χ0) is 21.4. The summed E-state index contributed by atoms with van der Waals surface area (Å²) in [6.45, 7) is 3.55. The van der Waals surface area contributed by atoms with E-state index in [0.29, 0.717) is 15.6 Å². The van der Waals surface area contributed by atoms with Crippen molar-refractivity contribution in [3.05, 3.63) is 44.9 Å². The first-order valence-electron chi connectivity index (χ1n) is 9.10. The molecular weight excluding hydrogens is 465 g/mol. The van der Waals surface area contributed by atoms with Crippen LogP contribution in [0.25, 0.3) is 6.08 Å². The molecule has 3 heterocycles. The summed E-state index contributed by atoms with van der Waals surface area (Å²) in [5, 5.41) is 4.13. The predicted molar refractivity (Wildman–Crippen MR) is 124 cm³/mol. The number of nitrogens with zero attached hydrogens (tertiary/aromatic N) is 4. The Morgan fingerprint density at radius 1 is 1.13 bits per heavy atom. The van der Waals surface area contributed by atoms with Crippen LogP contribution >= 0.6 is 46.8 Å². The minimum absolute atomic E-state index is 0.0120. The molecule has 2 aliphatic rings. The number of carbonyl (C=O) groups excluding carboxylic acids is 2. The van der Waals surface area contributed by atoms with Gasteiger partial charge in [0.15, 0.2) is 10.2 Å². The minimum Gasteiger partial charge on any atom is -0.345 e. The number of piperazine rings is 1. The van der Waals surface area contributed by atoms with Crippen LogP contribution in [0.2, 0.25) is 10.2 Å². The Balaban J connectivity index is 1.63. The third-order valence-corrected chi connectivity index (χ3v) is 6.83. The Hall–Kier alpha value is -2.04. The summed E-state index contributed by atoms with van der Waals surface area (Å²) >= 11 is 18.8. The molecule has 1 aromatic heterocycles. The van der Waals surface area contributed by atoms with E-state index in [1.54, 1.807) is 24.3 Å². The molecule has 1 aromatic carbocycles. The Labute approximate surface area is 192 Å². The highest BCUT2D eigenvalue weighted by molar-refractivity contribution is 7.80. The van der Waals surface area contributed by atoms with Gasteiger partial charge in [-0.15, -0.1) is 0 Å². The summed E-state index contributed by atoms with van der Waals surface area (Å²) in [6.07, 6.45) is 1.47. The van der Waals surface area contributed by atoms with E-state index in [4.69, 9.17) is 35.4 Å². The standard InChI is InChI=1S/C19H17Cl2N5O2S2/c1-24-6-8-25(9-7-24)19-22-15(21)14(30-19)10-13-16(27)23-18(29)26(17(13)28)12-4-2-11(20)3-5-12/h2-5,10H,6-9H2,1H3,(H,23,27,29). The van der Waals surface area contributed by atoms with Crippen LogP contribution in [0.15, 0.2) is 29.8 Å². The van der Waals surface area contributed by atoms with Crippen molar-refractivity contribution in [3.8, 4) is 0 Å². The van der Waals surface area contributed by atoms with Gasteiger partial charge in [0.2, 0.25) is 0 Å². The molecule has 2 amide bonds. The molecule has 0 radical (unpaired) electrons. The van der Waals surface area contributed by atoms with Gasteiger partial charge in [-0.25, -0.2) is 4.98 Å². The van der Waals surface area contributed by atoms with E-state index in [1.165, 1.54) is 22.3 Å². The van der Waals surface area contributed by atoms with Gasteiger partial charge in [-0.05, 0) is 49.6 Å². The minimum atomic E-state index is -0.569. The molecule has 2 aromatic rings. The molecule has 0 saturated carbocycles. The first-order valence-corrected chi connectivity index (χ1v) is 11.1. The Bertz CT molecular complexity index is 1050. The van der Waals surface area contributed by atoms with Crippen molar-refractivity contribution in [1.29, 1.82) is 0 Å². The molecule has 4 rings (SSSR count). The molecule has 0 bridgehead atoms. The highest BCUT2D eigenvalue weighted by Crippen LogP contribution is 2.33. The lowest BCUT2D eigenvalue weighted by molar-refractivity contribution is -0.122. The molecule has 1 N–H and O–H groups in total. The first kappa shape index (κ1) is 21.2. The maximum Gasteiger partial charge on any atom is 0.270 e. The number of carbonyl (C=O) groups is 2. The average molecular weight is 482 g/mol. The van der Waals surface area contributed by atoms with Crippen molar-refractivity contribution >= 4 is 80.6 Å². The lowest BCUT2D eigenvalue weighted by atomic mass is 10.1. The second-order valence-electron chi connectivity index (χ2n) is 6.88. The summed E-state index contributed by atoms with van der Waals surface area (Å²) < 4.78 is 0. The molecule has 0 spiro atoms. The van der Waals surface area contributed by atoms with Crippen molar-refractivity contribution in [2.75, 3.05) is 43.0 Å². The highest BCUT2D eigenvalue weighted by atomic mass is 35.5. The van der Waals surface area contributed by atoms with Gasteiger partial charge in [0, 0.05) is 31.2 Å². The third kappa shape index (κ3) is 4.21.